The van der Waals surface area contributed by atoms with E-state index in [1.165, 1.54) is 0 Å². The first-order chi connectivity index (χ1) is 8.01. The topological polar surface area (TPSA) is 56.2 Å². The van der Waals surface area contributed by atoms with Crippen molar-refractivity contribution in [3.05, 3.63) is 12.3 Å². The van der Waals surface area contributed by atoms with Gasteiger partial charge in [0.1, 0.15) is 11.9 Å². The molecule has 17 heavy (non-hydrogen) atoms. The van der Waals surface area contributed by atoms with E-state index in [0.29, 0.717) is 5.82 Å². The predicted molar refractivity (Wildman–Crippen MR) is 55.8 cm³/mol. The van der Waals surface area contributed by atoms with Gasteiger partial charge in [0.25, 0.3) is 0 Å². The van der Waals surface area contributed by atoms with E-state index in [4.69, 9.17) is 0 Å². The van der Waals surface area contributed by atoms with Gasteiger partial charge >= 0.3 is 11.9 Å². The van der Waals surface area contributed by atoms with E-state index < -0.39 is 24.4 Å². The number of hydrogen-bond donors (Lipinski definition) is 1. The van der Waals surface area contributed by atoms with Crippen LogP contribution in [0.15, 0.2) is 12.3 Å². The molecule has 1 unspecified atom stereocenters. The number of carbonyl (C=O) groups excluding carboxylic acids is 1. The molecule has 94 valence electrons. The maximum Gasteiger partial charge on any atom is 0.377 e. The number of nitrogens with one attached hydrogen (secondary N) is 1. The van der Waals surface area contributed by atoms with E-state index in [1.807, 2.05) is 6.92 Å². The predicted octanol–water partition coefficient (Wildman–Crippen LogP) is 1.27. The van der Waals surface area contributed by atoms with Gasteiger partial charge < -0.3 is 10.1 Å². The van der Waals surface area contributed by atoms with Crippen molar-refractivity contribution in [3.8, 4) is 0 Å². The summed E-state index contributed by atoms with van der Waals surface area (Å²) in [6.45, 7) is 2.82. The van der Waals surface area contributed by atoms with Crippen LogP contribution in [0.5, 0.6) is 0 Å². The van der Waals surface area contributed by atoms with Crippen LogP contribution in [0.2, 0.25) is 0 Å². The molecule has 7 heteroatoms. The summed E-state index contributed by atoms with van der Waals surface area (Å²) in [6.07, 6.45) is 0.398. The average molecular weight is 245 g/mol. The Morgan fingerprint density at radius 2 is 2.47 bits per heavy atom. The summed E-state index contributed by atoms with van der Waals surface area (Å²) in [5.41, 5.74) is 0. The van der Waals surface area contributed by atoms with E-state index in [0.717, 1.165) is 6.54 Å². The van der Waals surface area contributed by atoms with Crippen molar-refractivity contribution in [3.63, 3.8) is 0 Å². The molecule has 1 aromatic heterocycles. The summed E-state index contributed by atoms with van der Waals surface area (Å²) in [6, 6.07) is 1.73. The molecule has 1 fully saturated rings. The van der Waals surface area contributed by atoms with Gasteiger partial charge in [-0.25, -0.2) is 4.79 Å². The summed E-state index contributed by atoms with van der Waals surface area (Å²) in [5.74, 6) is -4.21. The third-order valence-electron chi connectivity index (χ3n) is 2.53. The van der Waals surface area contributed by atoms with Crippen LogP contribution in [0.1, 0.15) is 13.3 Å². The lowest BCUT2D eigenvalue weighted by Crippen LogP contribution is -2.22. The van der Waals surface area contributed by atoms with Gasteiger partial charge in [0, 0.05) is 18.8 Å². The molecular weight excluding hydrogens is 232 g/mol. The van der Waals surface area contributed by atoms with E-state index >= 15 is 0 Å². The Kier molecular flexibility index (Phi) is 2.99. The van der Waals surface area contributed by atoms with Crippen LogP contribution in [0.25, 0.3) is 0 Å². The van der Waals surface area contributed by atoms with Crippen molar-refractivity contribution in [2.75, 3.05) is 11.9 Å². The zero-order valence-corrected chi connectivity index (χ0v) is 9.32. The number of hydrogen-bond acceptors (Lipinski definition) is 4. The van der Waals surface area contributed by atoms with Crippen LogP contribution in [0, 0.1) is 0 Å². The van der Waals surface area contributed by atoms with E-state index in [2.05, 4.69) is 15.2 Å². The molecule has 0 bridgehead atoms. The highest BCUT2D eigenvalue weighted by Crippen LogP contribution is 2.30. The summed E-state index contributed by atoms with van der Waals surface area (Å²) in [5, 5.41) is 6.98. The number of nitrogens with zero attached hydrogens (tertiary/aromatic N) is 2. The summed E-state index contributed by atoms with van der Waals surface area (Å²) in [7, 11) is 0. The van der Waals surface area contributed by atoms with Crippen molar-refractivity contribution >= 4 is 11.8 Å². The molecule has 0 spiro atoms. The molecule has 0 amide bonds. The molecule has 1 N–H and O–H groups in total. The van der Waals surface area contributed by atoms with Gasteiger partial charge in [-0.3, -0.25) is 4.68 Å². The Bertz CT molecular complexity index is 419. The molecule has 1 aromatic rings. The molecule has 1 aliphatic rings. The molecule has 5 nitrogen and oxygen atoms in total. The zero-order valence-electron chi connectivity index (χ0n) is 9.32. The maximum atomic E-state index is 12.9. The first-order valence-corrected chi connectivity index (χ1v) is 5.37. The van der Waals surface area contributed by atoms with Gasteiger partial charge in [0.15, 0.2) is 0 Å². The van der Waals surface area contributed by atoms with Gasteiger partial charge in [0.2, 0.25) is 0 Å². The van der Waals surface area contributed by atoms with Crippen LogP contribution in [0.3, 0.4) is 0 Å². The lowest BCUT2D eigenvalue weighted by molar-refractivity contribution is -0.158. The second-order valence-corrected chi connectivity index (χ2v) is 3.87. The molecule has 0 saturated carbocycles. The molecule has 1 aliphatic heterocycles. The second kappa shape index (κ2) is 4.31. The van der Waals surface area contributed by atoms with Gasteiger partial charge in [0.05, 0.1) is 13.0 Å². The zero-order chi connectivity index (χ0) is 12.5. The summed E-state index contributed by atoms with van der Waals surface area (Å²) < 4.78 is 32.0. The lowest BCUT2D eigenvalue weighted by Gasteiger charge is -2.08. The Labute approximate surface area is 96.7 Å². The highest BCUT2D eigenvalue weighted by molar-refractivity contribution is 5.79. The van der Waals surface area contributed by atoms with Crippen molar-refractivity contribution in [1.29, 1.82) is 0 Å². The largest absolute Gasteiger partial charge is 0.456 e. The monoisotopic (exact) mass is 245 g/mol. The van der Waals surface area contributed by atoms with Crippen molar-refractivity contribution in [2.24, 2.45) is 0 Å². The van der Waals surface area contributed by atoms with Gasteiger partial charge in [-0.05, 0) is 6.92 Å². The third-order valence-corrected chi connectivity index (χ3v) is 2.53. The standard InChI is InChI=1S/C10H13F2N3O2/c1-2-15-4-3-8(14-15)13-6-7-5-10(11,12)9(16)17-7/h3-4,7H,2,5-6H2,1H3,(H,13,14). The molecule has 0 radical (unpaired) electrons. The number of esters is 1. The Balaban J connectivity index is 1.85. The first-order valence-electron chi connectivity index (χ1n) is 5.37. The summed E-state index contributed by atoms with van der Waals surface area (Å²) >= 11 is 0. The Morgan fingerprint density at radius 3 is 3.00 bits per heavy atom. The molecule has 0 aliphatic carbocycles. The van der Waals surface area contributed by atoms with Crippen LogP contribution < -0.4 is 5.32 Å². The van der Waals surface area contributed by atoms with Crippen molar-refractivity contribution < 1.29 is 18.3 Å². The SMILES string of the molecule is CCn1ccc(NCC2CC(F)(F)C(=O)O2)n1. The van der Waals surface area contributed by atoms with Crippen molar-refractivity contribution in [2.45, 2.75) is 31.9 Å². The van der Waals surface area contributed by atoms with Gasteiger partial charge in [-0.2, -0.15) is 13.9 Å². The molecule has 0 aromatic carbocycles. The van der Waals surface area contributed by atoms with Gasteiger partial charge in [-0.15, -0.1) is 0 Å². The number of carbonyl (C=O) groups is 1. The molecule has 1 saturated heterocycles. The minimum Gasteiger partial charge on any atom is -0.456 e. The fraction of sp³-hybridized carbons (Fsp3) is 0.600. The van der Waals surface area contributed by atoms with Crippen molar-refractivity contribution in [1.82, 2.24) is 9.78 Å². The highest BCUT2D eigenvalue weighted by atomic mass is 19.3. The van der Waals surface area contributed by atoms with Gasteiger partial charge in [-0.1, -0.05) is 0 Å². The Hall–Kier alpha value is -1.66. The Morgan fingerprint density at radius 1 is 1.71 bits per heavy atom. The smallest absolute Gasteiger partial charge is 0.377 e. The normalized spacial score (nSPS) is 22.5. The van der Waals surface area contributed by atoms with E-state index in [-0.39, 0.29) is 6.54 Å². The lowest BCUT2D eigenvalue weighted by atomic mass is 10.2. The van der Waals surface area contributed by atoms with Crippen LogP contribution in [-0.2, 0) is 16.1 Å². The molecule has 1 atom stereocenters. The van der Waals surface area contributed by atoms with Crippen LogP contribution in [0.4, 0.5) is 14.6 Å². The second-order valence-electron chi connectivity index (χ2n) is 3.87. The number of alkyl halides is 2. The van der Waals surface area contributed by atoms with E-state index in [1.54, 1.807) is 16.9 Å². The number of ether oxygens (including phenoxy) is 1. The molecule has 2 rings (SSSR count). The number of aryl methyl sites for hydroxylation is 1. The minimum atomic E-state index is -3.35. The molecular formula is C10H13F2N3O2. The minimum absolute atomic E-state index is 0.141. The highest BCUT2D eigenvalue weighted by Gasteiger charge is 2.50. The summed E-state index contributed by atoms with van der Waals surface area (Å²) in [4.78, 5) is 10.7. The number of rotatable bonds is 4. The third kappa shape index (κ3) is 2.54. The van der Waals surface area contributed by atoms with Crippen LogP contribution >= 0.6 is 0 Å². The first kappa shape index (κ1) is 11.8. The number of aromatic nitrogens is 2. The number of halogens is 2. The number of anilines is 1. The van der Waals surface area contributed by atoms with Crippen LogP contribution in [-0.4, -0.2) is 34.3 Å². The van der Waals surface area contributed by atoms with E-state index in [9.17, 15) is 13.6 Å². The quantitative estimate of drug-likeness (QED) is 0.811. The maximum absolute atomic E-state index is 12.9. The fourth-order valence-corrected chi connectivity index (χ4v) is 1.61. The fourth-order valence-electron chi connectivity index (χ4n) is 1.61. The number of cyclic esters (lactones) is 1. The molecule has 2 heterocycles. The average Bonchev–Trinajstić information content (AvgIpc) is 2.81.